The van der Waals surface area contributed by atoms with Gasteiger partial charge in [-0.1, -0.05) is 23.7 Å². The van der Waals surface area contributed by atoms with E-state index in [0.29, 0.717) is 18.9 Å². The van der Waals surface area contributed by atoms with Gasteiger partial charge in [0.15, 0.2) is 0 Å². The molecule has 0 saturated carbocycles. The maximum absolute atomic E-state index is 11.8. The van der Waals surface area contributed by atoms with Crippen molar-refractivity contribution in [2.75, 3.05) is 19.6 Å². The Labute approximate surface area is 126 Å². The van der Waals surface area contributed by atoms with E-state index in [1.54, 1.807) is 0 Å². The fourth-order valence-electron chi connectivity index (χ4n) is 2.59. The summed E-state index contributed by atoms with van der Waals surface area (Å²) in [5.74, 6) is 0.843. The molecule has 2 N–H and O–H groups in total. The fraction of sp³-hybridized carbons (Fsp3) is 0.562. The SMILES string of the molecule is O=C(CCC1CCCNC1)NCCc1ccc(Cl)cc1. The molecule has 0 aromatic heterocycles. The molecule has 0 bridgehead atoms. The lowest BCUT2D eigenvalue weighted by atomic mass is 9.94. The van der Waals surface area contributed by atoms with Gasteiger partial charge in [0.1, 0.15) is 0 Å². The standard InChI is InChI=1S/C16H23ClN2O/c17-15-6-3-13(4-7-15)9-11-19-16(20)8-5-14-2-1-10-18-12-14/h3-4,6-7,14,18H,1-2,5,8-12H2,(H,19,20). The number of carbonyl (C=O) groups is 1. The van der Waals surface area contributed by atoms with E-state index in [1.165, 1.54) is 18.4 Å². The molecular weight excluding hydrogens is 272 g/mol. The minimum atomic E-state index is 0.171. The number of amides is 1. The number of rotatable bonds is 6. The molecular formula is C16H23ClN2O. The molecule has 1 amide bonds. The van der Waals surface area contributed by atoms with Gasteiger partial charge in [0.05, 0.1) is 0 Å². The van der Waals surface area contributed by atoms with Crippen LogP contribution in [0.4, 0.5) is 0 Å². The molecule has 1 aliphatic rings. The van der Waals surface area contributed by atoms with E-state index >= 15 is 0 Å². The summed E-state index contributed by atoms with van der Waals surface area (Å²) in [6, 6.07) is 7.77. The van der Waals surface area contributed by atoms with Crippen LogP contribution in [0.2, 0.25) is 5.02 Å². The topological polar surface area (TPSA) is 41.1 Å². The molecule has 1 unspecified atom stereocenters. The number of hydrogen-bond acceptors (Lipinski definition) is 2. The van der Waals surface area contributed by atoms with Gasteiger partial charge in [-0.15, -0.1) is 0 Å². The molecule has 0 spiro atoms. The summed E-state index contributed by atoms with van der Waals surface area (Å²) in [6.45, 7) is 2.89. The monoisotopic (exact) mass is 294 g/mol. The Morgan fingerprint density at radius 1 is 1.35 bits per heavy atom. The summed E-state index contributed by atoms with van der Waals surface area (Å²) >= 11 is 5.84. The van der Waals surface area contributed by atoms with Crippen molar-refractivity contribution < 1.29 is 4.79 Å². The normalized spacial score (nSPS) is 18.8. The van der Waals surface area contributed by atoms with Gasteiger partial charge in [-0.25, -0.2) is 0 Å². The number of halogens is 1. The smallest absolute Gasteiger partial charge is 0.220 e. The molecule has 1 aromatic rings. The second-order valence-electron chi connectivity index (χ2n) is 5.48. The fourth-order valence-corrected chi connectivity index (χ4v) is 2.72. The first-order valence-corrected chi connectivity index (χ1v) is 7.83. The van der Waals surface area contributed by atoms with Gasteiger partial charge < -0.3 is 10.6 Å². The molecule has 1 atom stereocenters. The van der Waals surface area contributed by atoms with Crippen LogP contribution in [-0.4, -0.2) is 25.5 Å². The number of carbonyl (C=O) groups excluding carboxylic acids is 1. The van der Waals surface area contributed by atoms with Crippen molar-refractivity contribution in [1.82, 2.24) is 10.6 Å². The Morgan fingerprint density at radius 2 is 2.15 bits per heavy atom. The van der Waals surface area contributed by atoms with E-state index in [2.05, 4.69) is 10.6 Å². The van der Waals surface area contributed by atoms with Crippen molar-refractivity contribution in [2.24, 2.45) is 5.92 Å². The molecule has 2 rings (SSSR count). The third kappa shape index (κ3) is 5.51. The molecule has 1 fully saturated rings. The minimum absolute atomic E-state index is 0.171. The number of hydrogen-bond donors (Lipinski definition) is 2. The van der Waals surface area contributed by atoms with Crippen molar-refractivity contribution >= 4 is 17.5 Å². The van der Waals surface area contributed by atoms with Gasteiger partial charge in [-0.3, -0.25) is 4.79 Å². The molecule has 110 valence electrons. The molecule has 20 heavy (non-hydrogen) atoms. The van der Waals surface area contributed by atoms with Crippen LogP contribution >= 0.6 is 11.6 Å². The van der Waals surface area contributed by atoms with Crippen molar-refractivity contribution in [3.63, 3.8) is 0 Å². The largest absolute Gasteiger partial charge is 0.356 e. The third-order valence-corrected chi connectivity index (χ3v) is 4.08. The van der Waals surface area contributed by atoms with Gasteiger partial charge >= 0.3 is 0 Å². The Hall–Kier alpha value is -1.06. The highest BCUT2D eigenvalue weighted by atomic mass is 35.5. The first-order chi connectivity index (χ1) is 9.74. The predicted octanol–water partition coefficient (Wildman–Crippen LogP) is 2.78. The molecule has 0 aliphatic carbocycles. The molecule has 4 heteroatoms. The van der Waals surface area contributed by atoms with E-state index in [9.17, 15) is 4.79 Å². The van der Waals surface area contributed by atoms with Crippen molar-refractivity contribution in [1.29, 1.82) is 0 Å². The van der Waals surface area contributed by atoms with Gasteiger partial charge in [0.2, 0.25) is 5.91 Å². The third-order valence-electron chi connectivity index (χ3n) is 3.83. The average Bonchev–Trinajstić information content (AvgIpc) is 2.48. The lowest BCUT2D eigenvalue weighted by molar-refractivity contribution is -0.121. The van der Waals surface area contributed by atoms with Crippen LogP contribution in [0.5, 0.6) is 0 Å². The number of benzene rings is 1. The Morgan fingerprint density at radius 3 is 2.85 bits per heavy atom. The predicted molar refractivity (Wildman–Crippen MR) is 83.0 cm³/mol. The first-order valence-electron chi connectivity index (χ1n) is 7.46. The van der Waals surface area contributed by atoms with Crippen LogP contribution in [0.25, 0.3) is 0 Å². The van der Waals surface area contributed by atoms with Crippen LogP contribution < -0.4 is 10.6 Å². The highest BCUT2D eigenvalue weighted by molar-refractivity contribution is 6.30. The van der Waals surface area contributed by atoms with Crippen molar-refractivity contribution in [3.05, 3.63) is 34.9 Å². The highest BCUT2D eigenvalue weighted by Gasteiger charge is 2.14. The summed E-state index contributed by atoms with van der Waals surface area (Å²) in [5.41, 5.74) is 1.20. The van der Waals surface area contributed by atoms with Gasteiger partial charge in [-0.2, -0.15) is 0 Å². The molecule has 1 aromatic carbocycles. The summed E-state index contributed by atoms with van der Waals surface area (Å²) in [5, 5.41) is 7.13. The van der Waals surface area contributed by atoms with Crippen LogP contribution in [-0.2, 0) is 11.2 Å². The lowest BCUT2D eigenvalue weighted by Crippen LogP contribution is -2.31. The van der Waals surface area contributed by atoms with E-state index < -0.39 is 0 Å². The molecule has 1 aliphatic heterocycles. The second-order valence-corrected chi connectivity index (χ2v) is 5.91. The molecule has 1 heterocycles. The van der Waals surface area contributed by atoms with Gasteiger partial charge in [0, 0.05) is 18.0 Å². The van der Waals surface area contributed by atoms with E-state index in [4.69, 9.17) is 11.6 Å². The Balaban J connectivity index is 1.58. The van der Waals surface area contributed by atoms with E-state index in [0.717, 1.165) is 31.0 Å². The summed E-state index contributed by atoms with van der Waals surface area (Å²) < 4.78 is 0. The number of nitrogens with one attached hydrogen (secondary N) is 2. The van der Waals surface area contributed by atoms with E-state index in [-0.39, 0.29) is 5.91 Å². The summed E-state index contributed by atoms with van der Waals surface area (Å²) in [7, 11) is 0. The zero-order valence-corrected chi connectivity index (χ0v) is 12.6. The average molecular weight is 295 g/mol. The quantitative estimate of drug-likeness (QED) is 0.847. The second kappa shape index (κ2) is 8.28. The van der Waals surface area contributed by atoms with Gasteiger partial charge in [0.25, 0.3) is 0 Å². The molecule has 0 radical (unpaired) electrons. The Kier molecular flexibility index (Phi) is 6.34. The summed E-state index contributed by atoms with van der Waals surface area (Å²) in [6.07, 6.45) is 4.99. The van der Waals surface area contributed by atoms with Crippen molar-refractivity contribution in [3.8, 4) is 0 Å². The zero-order chi connectivity index (χ0) is 14.2. The van der Waals surface area contributed by atoms with Crippen LogP contribution in [0, 0.1) is 5.92 Å². The summed E-state index contributed by atoms with van der Waals surface area (Å²) in [4.78, 5) is 11.8. The maximum atomic E-state index is 11.8. The Bertz CT molecular complexity index is 413. The lowest BCUT2D eigenvalue weighted by Gasteiger charge is -2.22. The van der Waals surface area contributed by atoms with Gasteiger partial charge in [-0.05, 0) is 62.4 Å². The maximum Gasteiger partial charge on any atom is 0.220 e. The highest BCUT2D eigenvalue weighted by Crippen LogP contribution is 2.15. The zero-order valence-electron chi connectivity index (χ0n) is 11.8. The molecule has 3 nitrogen and oxygen atoms in total. The first kappa shape index (κ1) is 15.3. The van der Waals surface area contributed by atoms with Crippen LogP contribution in [0.15, 0.2) is 24.3 Å². The van der Waals surface area contributed by atoms with Crippen molar-refractivity contribution in [2.45, 2.75) is 32.1 Å². The minimum Gasteiger partial charge on any atom is -0.356 e. The van der Waals surface area contributed by atoms with E-state index in [1.807, 2.05) is 24.3 Å². The van der Waals surface area contributed by atoms with Crippen LogP contribution in [0.3, 0.4) is 0 Å². The number of piperidine rings is 1. The molecule has 1 saturated heterocycles. The van der Waals surface area contributed by atoms with Crippen LogP contribution in [0.1, 0.15) is 31.2 Å².